The second-order valence-electron chi connectivity index (χ2n) is 3.45. The Hall–Kier alpha value is -0.843. The predicted octanol–water partition coefficient (Wildman–Crippen LogP) is 2.57. The van der Waals surface area contributed by atoms with E-state index in [0.717, 1.165) is 11.7 Å². The summed E-state index contributed by atoms with van der Waals surface area (Å²) in [7, 11) is 2.25. The van der Waals surface area contributed by atoms with E-state index >= 15 is 0 Å². The molecule has 0 saturated carbocycles. The minimum atomic E-state index is -1.21. The molecule has 1 aromatic carbocycles. The molecule has 0 amide bonds. The lowest BCUT2D eigenvalue weighted by atomic mass is 10.3. The number of unbranched alkanes of at least 4 members (excludes halogenated alkanes) is 1. The van der Waals surface area contributed by atoms with Gasteiger partial charge in [-0.2, -0.15) is 0 Å². The summed E-state index contributed by atoms with van der Waals surface area (Å²) in [5.41, 5.74) is 6.18. The summed E-state index contributed by atoms with van der Waals surface area (Å²) in [4.78, 5) is 0. The van der Waals surface area contributed by atoms with Gasteiger partial charge in [0.15, 0.2) is 0 Å². The maximum Gasteiger partial charge on any atom is 0.320 e. The Balaban J connectivity index is 0.000000288. The highest BCUT2D eigenvalue weighted by molar-refractivity contribution is 6.44. The fourth-order valence-electron chi connectivity index (χ4n) is 1.16. The fourth-order valence-corrected chi connectivity index (χ4v) is 2.56. The zero-order valence-corrected chi connectivity index (χ0v) is 11.6. The molecule has 0 unspecified atom stereocenters. The highest BCUT2D eigenvalue weighted by Gasteiger charge is 2.06. The van der Waals surface area contributed by atoms with Crippen LogP contribution in [0.1, 0.15) is 19.8 Å². The molecule has 0 heterocycles. The minimum Gasteiger partial charge on any atom is -0.400 e. The number of nitrogen functional groups attached to an aromatic ring is 1. The van der Waals surface area contributed by atoms with Gasteiger partial charge in [0, 0.05) is 19.9 Å². The van der Waals surface area contributed by atoms with Gasteiger partial charge in [-0.1, -0.05) is 38.0 Å². The third-order valence-electron chi connectivity index (χ3n) is 2.12. The van der Waals surface area contributed by atoms with Gasteiger partial charge in [0.05, 0.1) is 0 Å². The third-order valence-corrected chi connectivity index (χ3v) is 4.05. The first-order chi connectivity index (χ1) is 7.74. The smallest absolute Gasteiger partial charge is 0.320 e. The molecule has 4 heteroatoms. The van der Waals surface area contributed by atoms with Crippen molar-refractivity contribution in [2.24, 2.45) is 0 Å². The number of rotatable bonds is 5. The monoisotopic (exact) mass is 241 g/mol. The standard InChI is InChI=1S/C6H7N.C6H16O2Si/c7-6-4-2-1-3-5-6;1-4-5-6-9(7-2)8-3/h1-5H,7H2;9H,4-6H2,1-3H3. The molecule has 0 aliphatic heterocycles. The van der Waals surface area contributed by atoms with Crippen LogP contribution in [0.2, 0.25) is 6.04 Å². The number of hydrogen-bond donors (Lipinski definition) is 1. The maximum absolute atomic E-state index is 5.36. The van der Waals surface area contributed by atoms with E-state index in [1.807, 2.05) is 30.3 Å². The van der Waals surface area contributed by atoms with Crippen LogP contribution in [0.25, 0.3) is 0 Å². The Morgan fingerprint density at radius 1 is 1.12 bits per heavy atom. The second-order valence-corrected chi connectivity index (χ2v) is 5.83. The molecular weight excluding hydrogens is 218 g/mol. The van der Waals surface area contributed by atoms with Gasteiger partial charge in [-0.15, -0.1) is 0 Å². The van der Waals surface area contributed by atoms with E-state index in [0.29, 0.717) is 0 Å². The Bertz CT molecular complexity index is 240. The lowest BCUT2D eigenvalue weighted by Gasteiger charge is -2.08. The number of anilines is 1. The second kappa shape index (κ2) is 10.7. The van der Waals surface area contributed by atoms with Crippen LogP contribution in [0.15, 0.2) is 30.3 Å². The quantitative estimate of drug-likeness (QED) is 0.636. The van der Waals surface area contributed by atoms with Crippen molar-refractivity contribution >= 4 is 15.0 Å². The molecule has 0 spiro atoms. The first-order valence-corrected chi connectivity index (χ1v) is 7.36. The summed E-state index contributed by atoms with van der Waals surface area (Å²) in [5, 5.41) is 0. The summed E-state index contributed by atoms with van der Waals surface area (Å²) in [6, 6.07) is 10.6. The Kier molecular flexibility index (Phi) is 10.1. The van der Waals surface area contributed by atoms with Crippen molar-refractivity contribution in [2.45, 2.75) is 25.8 Å². The summed E-state index contributed by atoms with van der Waals surface area (Å²) >= 11 is 0. The van der Waals surface area contributed by atoms with Crippen LogP contribution in [-0.4, -0.2) is 23.5 Å². The number of nitrogens with two attached hydrogens (primary N) is 1. The molecule has 0 fully saturated rings. The fraction of sp³-hybridized carbons (Fsp3) is 0.500. The van der Waals surface area contributed by atoms with E-state index in [2.05, 4.69) is 6.92 Å². The van der Waals surface area contributed by atoms with Gasteiger partial charge >= 0.3 is 9.28 Å². The molecule has 0 saturated heterocycles. The highest BCUT2D eigenvalue weighted by Crippen LogP contribution is 2.01. The Labute approximate surface area is 100 Å². The molecule has 1 rings (SSSR count). The van der Waals surface area contributed by atoms with Crippen LogP contribution in [0.5, 0.6) is 0 Å². The lowest BCUT2D eigenvalue weighted by Crippen LogP contribution is -2.18. The number of benzene rings is 1. The first-order valence-electron chi connectivity index (χ1n) is 5.60. The normalized spacial score (nSPS) is 9.75. The Morgan fingerprint density at radius 2 is 1.69 bits per heavy atom. The maximum atomic E-state index is 5.36. The number of para-hydroxylation sites is 1. The van der Waals surface area contributed by atoms with Crippen molar-refractivity contribution in [1.29, 1.82) is 0 Å². The van der Waals surface area contributed by atoms with Crippen LogP contribution >= 0.6 is 0 Å². The van der Waals surface area contributed by atoms with Gasteiger partial charge in [0.2, 0.25) is 0 Å². The van der Waals surface area contributed by atoms with Crippen LogP contribution in [-0.2, 0) is 8.85 Å². The van der Waals surface area contributed by atoms with Crippen molar-refractivity contribution in [3.05, 3.63) is 30.3 Å². The molecule has 0 atom stereocenters. The average molecular weight is 241 g/mol. The summed E-state index contributed by atoms with van der Waals surface area (Å²) in [5.74, 6) is 0. The van der Waals surface area contributed by atoms with E-state index in [9.17, 15) is 0 Å². The summed E-state index contributed by atoms with van der Waals surface area (Å²) in [6.07, 6.45) is 2.47. The van der Waals surface area contributed by atoms with Crippen LogP contribution < -0.4 is 5.73 Å². The van der Waals surface area contributed by atoms with Gasteiger partial charge in [-0.3, -0.25) is 0 Å². The van der Waals surface area contributed by atoms with E-state index in [1.54, 1.807) is 14.2 Å². The van der Waals surface area contributed by atoms with Crippen LogP contribution in [0.3, 0.4) is 0 Å². The predicted molar refractivity (Wildman–Crippen MR) is 71.7 cm³/mol. The zero-order chi connectivity index (χ0) is 12.2. The molecule has 3 nitrogen and oxygen atoms in total. The van der Waals surface area contributed by atoms with Crippen LogP contribution in [0.4, 0.5) is 5.69 Å². The van der Waals surface area contributed by atoms with Crippen molar-refractivity contribution in [2.75, 3.05) is 20.0 Å². The molecule has 0 bridgehead atoms. The van der Waals surface area contributed by atoms with Gasteiger partial charge in [-0.05, 0) is 18.2 Å². The molecule has 0 radical (unpaired) electrons. The molecule has 1 aromatic rings. The molecule has 0 aromatic heterocycles. The highest BCUT2D eigenvalue weighted by atomic mass is 28.3. The van der Waals surface area contributed by atoms with Crippen LogP contribution in [0, 0.1) is 0 Å². The molecular formula is C12H23NO2Si. The van der Waals surface area contributed by atoms with Crippen molar-refractivity contribution in [3.8, 4) is 0 Å². The largest absolute Gasteiger partial charge is 0.400 e. The van der Waals surface area contributed by atoms with E-state index in [1.165, 1.54) is 12.8 Å². The SMILES string of the molecule is CCCC[SiH](OC)OC.Nc1ccccc1. The van der Waals surface area contributed by atoms with E-state index in [4.69, 9.17) is 14.6 Å². The number of hydrogen-bond acceptors (Lipinski definition) is 3. The molecule has 16 heavy (non-hydrogen) atoms. The van der Waals surface area contributed by atoms with Gasteiger partial charge < -0.3 is 14.6 Å². The van der Waals surface area contributed by atoms with Gasteiger partial charge in [0.25, 0.3) is 0 Å². The zero-order valence-electron chi connectivity index (χ0n) is 10.5. The van der Waals surface area contributed by atoms with Crippen molar-refractivity contribution in [1.82, 2.24) is 0 Å². The lowest BCUT2D eigenvalue weighted by molar-refractivity contribution is 0.276. The van der Waals surface area contributed by atoms with Gasteiger partial charge in [-0.25, -0.2) is 0 Å². The van der Waals surface area contributed by atoms with Crippen molar-refractivity contribution in [3.63, 3.8) is 0 Å². The molecule has 0 aliphatic carbocycles. The van der Waals surface area contributed by atoms with Crippen molar-refractivity contribution < 1.29 is 8.85 Å². The Morgan fingerprint density at radius 3 is 2.00 bits per heavy atom. The van der Waals surface area contributed by atoms with Gasteiger partial charge in [0.1, 0.15) is 0 Å². The first kappa shape index (κ1) is 15.2. The average Bonchev–Trinajstić information content (AvgIpc) is 2.32. The summed E-state index contributed by atoms with van der Waals surface area (Å²) < 4.78 is 10.2. The topological polar surface area (TPSA) is 44.5 Å². The third kappa shape index (κ3) is 8.46. The minimum absolute atomic E-state index is 0.822. The molecule has 0 aliphatic rings. The molecule has 2 N–H and O–H groups in total. The van der Waals surface area contributed by atoms with E-state index in [-0.39, 0.29) is 0 Å². The summed E-state index contributed by atoms with van der Waals surface area (Å²) in [6.45, 7) is 2.18. The van der Waals surface area contributed by atoms with E-state index < -0.39 is 9.28 Å². The molecule has 92 valence electrons.